The molecule has 2 aromatic rings. The van der Waals surface area contributed by atoms with E-state index >= 15 is 0 Å². The Hall–Kier alpha value is -2.90. The van der Waals surface area contributed by atoms with Crippen LogP contribution in [0.5, 0.6) is 0 Å². The molecule has 1 fully saturated rings. The lowest BCUT2D eigenvalue weighted by atomic mass is 9.93. The number of hydrogen-bond acceptors (Lipinski definition) is 5. The van der Waals surface area contributed by atoms with Crippen molar-refractivity contribution in [1.29, 1.82) is 0 Å². The maximum atomic E-state index is 12.6. The van der Waals surface area contributed by atoms with Gasteiger partial charge in [-0.2, -0.15) is 0 Å². The molecule has 29 heavy (non-hydrogen) atoms. The van der Waals surface area contributed by atoms with Crippen molar-refractivity contribution in [2.45, 2.75) is 19.0 Å². The second-order valence-corrected chi connectivity index (χ2v) is 7.49. The second kappa shape index (κ2) is 8.63. The summed E-state index contributed by atoms with van der Waals surface area (Å²) in [6, 6.07) is 15.3. The molecular weight excluding hydrogens is 368 g/mol. The third-order valence-electron chi connectivity index (χ3n) is 5.55. The number of hydrogen-bond donors (Lipinski definition) is 2. The number of nitrogens with zero attached hydrogens (tertiary/aromatic N) is 2. The molecule has 2 aliphatic rings. The van der Waals surface area contributed by atoms with Gasteiger partial charge in [-0.25, -0.2) is 0 Å². The molecule has 2 amide bonds. The first-order chi connectivity index (χ1) is 14.1. The molecule has 0 radical (unpaired) electrons. The van der Waals surface area contributed by atoms with Gasteiger partial charge in [0.2, 0.25) is 11.8 Å². The molecule has 0 spiro atoms. The van der Waals surface area contributed by atoms with Gasteiger partial charge < -0.3 is 20.7 Å². The zero-order chi connectivity index (χ0) is 20.2. The van der Waals surface area contributed by atoms with Crippen LogP contribution in [-0.4, -0.2) is 55.6 Å². The number of carbonyl (C=O) groups excluding carboxylic acids is 2. The fraction of sp³-hybridized carbons (Fsp3) is 0.364. The molecule has 2 heterocycles. The average molecular weight is 394 g/mol. The van der Waals surface area contributed by atoms with Crippen molar-refractivity contribution in [3.8, 4) is 0 Å². The van der Waals surface area contributed by atoms with Crippen LogP contribution in [0.1, 0.15) is 11.1 Å². The lowest BCUT2D eigenvalue weighted by Gasteiger charge is -2.34. The molecule has 7 heteroatoms. The van der Waals surface area contributed by atoms with Crippen LogP contribution in [0.15, 0.2) is 48.5 Å². The Morgan fingerprint density at radius 1 is 1.03 bits per heavy atom. The van der Waals surface area contributed by atoms with Crippen molar-refractivity contribution < 1.29 is 14.3 Å². The first-order valence-corrected chi connectivity index (χ1v) is 9.93. The quantitative estimate of drug-likeness (QED) is 0.800. The monoisotopic (exact) mass is 394 g/mol. The lowest BCUT2D eigenvalue weighted by Crippen LogP contribution is -2.50. The van der Waals surface area contributed by atoms with E-state index in [4.69, 9.17) is 10.5 Å². The van der Waals surface area contributed by atoms with Gasteiger partial charge in [-0.05, 0) is 41.8 Å². The van der Waals surface area contributed by atoms with E-state index in [0.717, 1.165) is 48.8 Å². The van der Waals surface area contributed by atoms with Gasteiger partial charge >= 0.3 is 0 Å². The third kappa shape index (κ3) is 4.58. The molecule has 3 N–H and O–H groups in total. The van der Waals surface area contributed by atoms with Crippen LogP contribution in [0.25, 0.3) is 0 Å². The fourth-order valence-electron chi connectivity index (χ4n) is 3.99. The number of benzene rings is 2. The van der Waals surface area contributed by atoms with Crippen LogP contribution in [0.2, 0.25) is 0 Å². The smallest absolute Gasteiger partial charge is 0.238 e. The molecule has 0 bridgehead atoms. The maximum absolute atomic E-state index is 12.6. The second-order valence-electron chi connectivity index (χ2n) is 7.49. The number of anilines is 2. The van der Waals surface area contributed by atoms with Crippen LogP contribution in [0, 0.1) is 0 Å². The highest BCUT2D eigenvalue weighted by atomic mass is 16.5. The first kappa shape index (κ1) is 19.4. The Kier molecular flexibility index (Phi) is 5.78. The number of ether oxygens (including phenoxy) is 1. The van der Waals surface area contributed by atoms with E-state index in [1.165, 1.54) is 0 Å². The first-order valence-electron chi connectivity index (χ1n) is 9.93. The van der Waals surface area contributed by atoms with Gasteiger partial charge in [-0.3, -0.25) is 14.5 Å². The summed E-state index contributed by atoms with van der Waals surface area (Å²) < 4.78 is 5.38. The van der Waals surface area contributed by atoms with E-state index in [9.17, 15) is 9.59 Å². The van der Waals surface area contributed by atoms with Crippen LogP contribution in [0.4, 0.5) is 11.4 Å². The summed E-state index contributed by atoms with van der Waals surface area (Å²) in [4.78, 5) is 28.7. The molecular formula is C22H26N4O3. The van der Waals surface area contributed by atoms with Crippen LogP contribution >= 0.6 is 0 Å². The third-order valence-corrected chi connectivity index (χ3v) is 5.55. The number of fused-ring (bicyclic) bond motifs is 1. The van der Waals surface area contributed by atoms with Gasteiger partial charge in [0.15, 0.2) is 0 Å². The SMILES string of the molecule is NC(=O)[C@@H]1Cc2ccccc2CN1CC(=O)Nc1ccc(N2CCOCC2)cc1. The van der Waals surface area contributed by atoms with Gasteiger partial charge in [-0.15, -0.1) is 0 Å². The van der Waals surface area contributed by atoms with Crippen molar-refractivity contribution >= 4 is 23.2 Å². The van der Waals surface area contributed by atoms with E-state index in [2.05, 4.69) is 10.2 Å². The predicted octanol–water partition coefficient (Wildman–Crippen LogP) is 1.37. The summed E-state index contributed by atoms with van der Waals surface area (Å²) in [5.74, 6) is -0.558. The Labute approximate surface area is 170 Å². The number of morpholine rings is 1. The molecule has 1 saturated heterocycles. The Morgan fingerprint density at radius 3 is 2.41 bits per heavy atom. The summed E-state index contributed by atoms with van der Waals surface area (Å²) in [6.07, 6.45) is 0.535. The molecule has 152 valence electrons. The largest absolute Gasteiger partial charge is 0.378 e. The number of carbonyl (C=O) groups is 2. The molecule has 0 saturated carbocycles. The summed E-state index contributed by atoms with van der Waals surface area (Å²) >= 11 is 0. The van der Waals surface area contributed by atoms with Gasteiger partial charge in [0.25, 0.3) is 0 Å². The molecule has 4 rings (SSSR count). The topological polar surface area (TPSA) is 87.9 Å². The minimum Gasteiger partial charge on any atom is -0.378 e. The normalized spacial score (nSPS) is 19.4. The van der Waals surface area contributed by atoms with Crippen molar-refractivity contribution in [2.75, 3.05) is 43.1 Å². The van der Waals surface area contributed by atoms with Crippen molar-refractivity contribution in [3.63, 3.8) is 0 Å². The van der Waals surface area contributed by atoms with Crippen molar-refractivity contribution in [3.05, 3.63) is 59.7 Å². The van der Waals surface area contributed by atoms with Crippen LogP contribution < -0.4 is 16.0 Å². The highest BCUT2D eigenvalue weighted by molar-refractivity contribution is 5.93. The molecule has 2 aromatic carbocycles. The molecule has 7 nitrogen and oxygen atoms in total. The summed E-state index contributed by atoms with van der Waals surface area (Å²) in [5.41, 5.74) is 9.71. The average Bonchev–Trinajstić information content (AvgIpc) is 2.74. The number of rotatable bonds is 5. The van der Waals surface area contributed by atoms with Gasteiger partial charge in [0.05, 0.1) is 25.8 Å². The number of amides is 2. The number of nitrogens with two attached hydrogens (primary N) is 1. The van der Waals surface area contributed by atoms with Crippen LogP contribution in [-0.2, 0) is 27.3 Å². The summed E-state index contributed by atoms with van der Waals surface area (Å²) in [6.45, 7) is 3.87. The van der Waals surface area contributed by atoms with Gasteiger partial charge in [0, 0.05) is 31.0 Å². The number of primary amides is 1. The van der Waals surface area contributed by atoms with E-state index in [1.807, 2.05) is 53.4 Å². The highest BCUT2D eigenvalue weighted by Crippen LogP contribution is 2.23. The van der Waals surface area contributed by atoms with Crippen molar-refractivity contribution in [1.82, 2.24) is 4.90 Å². The summed E-state index contributed by atoms with van der Waals surface area (Å²) in [7, 11) is 0. The van der Waals surface area contributed by atoms with Gasteiger partial charge in [0.1, 0.15) is 0 Å². The molecule has 0 aromatic heterocycles. The van der Waals surface area contributed by atoms with E-state index in [-0.39, 0.29) is 12.5 Å². The minimum absolute atomic E-state index is 0.118. The Morgan fingerprint density at radius 2 is 1.72 bits per heavy atom. The van der Waals surface area contributed by atoms with E-state index < -0.39 is 11.9 Å². The standard InChI is InChI=1S/C22H26N4O3/c23-22(28)20-13-16-3-1-2-4-17(16)14-26(20)15-21(27)24-18-5-7-19(8-6-18)25-9-11-29-12-10-25/h1-8,20H,9-15H2,(H2,23,28)(H,24,27)/t20-/m0/s1. The molecule has 0 unspecified atom stereocenters. The zero-order valence-corrected chi connectivity index (χ0v) is 16.3. The number of nitrogens with one attached hydrogen (secondary N) is 1. The van der Waals surface area contributed by atoms with Crippen molar-refractivity contribution in [2.24, 2.45) is 5.73 Å². The molecule has 2 aliphatic heterocycles. The highest BCUT2D eigenvalue weighted by Gasteiger charge is 2.31. The van der Waals surface area contributed by atoms with Gasteiger partial charge in [-0.1, -0.05) is 24.3 Å². The lowest BCUT2D eigenvalue weighted by molar-refractivity contribution is -0.125. The molecule has 0 aliphatic carbocycles. The van der Waals surface area contributed by atoms with E-state index in [1.54, 1.807) is 0 Å². The predicted molar refractivity (Wildman–Crippen MR) is 112 cm³/mol. The minimum atomic E-state index is -0.473. The van der Waals surface area contributed by atoms with E-state index in [0.29, 0.717) is 13.0 Å². The Balaban J connectivity index is 1.39. The zero-order valence-electron chi connectivity index (χ0n) is 16.3. The summed E-state index contributed by atoms with van der Waals surface area (Å²) in [5, 5.41) is 2.93. The fourth-order valence-corrected chi connectivity index (χ4v) is 3.99. The molecule has 1 atom stereocenters. The maximum Gasteiger partial charge on any atom is 0.238 e. The Bertz CT molecular complexity index is 878. The van der Waals surface area contributed by atoms with Crippen LogP contribution in [0.3, 0.4) is 0 Å².